The lowest BCUT2D eigenvalue weighted by Crippen LogP contribution is -2.51. The van der Waals surface area contributed by atoms with Crippen LogP contribution in [0.15, 0.2) is 30.3 Å². The number of hydrogen-bond acceptors (Lipinski definition) is 4. The van der Waals surface area contributed by atoms with Crippen LogP contribution in [0.4, 0.5) is 5.82 Å². The quantitative estimate of drug-likeness (QED) is 0.821. The Labute approximate surface area is 166 Å². The number of amides is 2. The van der Waals surface area contributed by atoms with E-state index in [1.165, 1.54) is 10.9 Å². The first kappa shape index (κ1) is 18.7. The molecule has 0 aliphatic carbocycles. The summed E-state index contributed by atoms with van der Waals surface area (Å²) in [6.45, 7) is 9.57. The van der Waals surface area contributed by atoms with E-state index < -0.39 is 0 Å². The lowest BCUT2D eigenvalue weighted by molar-refractivity contribution is -0.136. The summed E-state index contributed by atoms with van der Waals surface area (Å²) < 4.78 is 0. The van der Waals surface area contributed by atoms with Gasteiger partial charge in [-0.1, -0.05) is 18.2 Å². The first-order valence-corrected chi connectivity index (χ1v) is 10.1. The van der Waals surface area contributed by atoms with Gasteiger partial charge in [0.2, 0.25) is 11.8 Å². The highest BCUT2D eigenvalue weighted by molar-refractivity contribution is 5.89. The van der Waals surface area contributed by atoms with Gasteiger partial charge >= 0.3 is 0 Å². The van der Waals surface area contributed by atoms with Crippen molar-refractivity contribution < 1.29 is 9.59 Å². The highest BCUT2D eigenvalue weighted by Gasteiger charge is 2.38. The predicted molar refractivity (Wildman–Crippen MR) is 110 cm³/mol. The van der Waals surface area contributed by atoms with Crippen molar-refractivity contribution in [1.82, 2.24) is 14.8 Å². The predicted octanol–water partition coefficient (Wildman–Crippen LogP) is 2.45. The van der Waals surface area contributed by atoms with Gasteiger partial charge in [0, 0.05) is 50.6 Å². The van der Waals surface area contributed by atoms with E-state index in [0.29, 0.717) is 26.1 Å². The summed E-state index contributed by atoms with van der Waals surface area (Å²) >= 11 is 0. The molecule has 0 radical (unpaired) electrons. The van der Waals surface area contributed by atoms with E-state index in [9.17, 15) is 9.59 Å². The van der Waals surface area contributed by atoms with Gasteiger partial charge in [0.25, 0.3) is 0 Å². The molecule has 1 aromatic heterocycles. The number of aryl methyl sites for hydroxylation is 1. The number of aromatic nitrogens is 1. The van der Waals surface area contributed by atoms with E-state index in [4.69, 9.17) is 4.98 Å². The van der Waals surface area contributed by atoms with E-state index in [2.05, 4.69) is 24.0 Å². The number of pyridine rings is 1. The first-order valence-electron chi connectivity index (χ1n) is 10.1. The smallest absolute Gasteiger partial charge is 0.228 e. The number of benzene rings is 1. The SMILES string of the molecule is Cc1cc(N2CCN(C(=O)C3CC(=O)N(C(C)C)C3)CC2)nc2ccccc12. The number of likely N-dealkylation sites (tertiary alicyclic amines) is 1. The second-order valence-electron chi connectivity index (χ2n) is 8.17. The molecule has 3 heterocycles. The topological polar surface area (TPSA) is 56.8 Å². The Morgan fingerprint density at radius 3 is 2.54 bits per heavy atom. The van der Waals surface area contributed by atoms with Gasteiger partial charge in [0.05, 0.1) is 11.4 Å². The Morgan fingerprint density at radius 1 is 1.14 bits per heavy atom. The van der Waals surface area contributed by atoms with Crippen molar-refractivity contribution in [2.24, 2.45) is 5.92 Å². The van der Waals surface area contributed by atoms with E-state index in [0.717, 1.165) is 24.4 Å². The Balaban J connectivity index is 1.41. The fourth-order valence-electron chi connectivity index (χ4n) is 4.30. The molecular weight excluding hydrogens is 352 g/mol. The van der Waals surface area contributed by atoms with Crippen LogP contribution in [0.2, 0.25) is 0 Å². The van der Waals surface area contributed by atoms with Crippen LogP contribution in [0, 0.1) is 12.8 Å². The Kier molecular flexibility index (Phi) is 4.96. The average Bonchev–Trinajstić information content (AvgIpc) is 3.09. The number of nitrogens with zero attached hydrogens (tertiary/aromatic N) is 4. The minimum Gasteiger partial charge on any atom is -0.353 e. The molecule has 6 heteroatoms. The molecule has 1 aromatic carbocycles. The molecule has 2 fully saturated rings. The second-order valence-corrected chi connectivity index (χ2v) is 8.17. The summed E-state index contributed by atoms with van der Waals surface area (Å²) in [6.07, 6.45) is 0.350. The zero-order valence-corrected chi connectivity index (χ0v) is 16.9. The molecule has 2 saturated heterocycles. The number of para-hydroxylation sites is 1. The van der Waals surface area contributed by atoms with Gasteiger partial charge in [-0.05, 0) is 38.5 Å². The molecular formula is C22H28N4O2. The van der Waals surface area contributed by atoms with E-state index in [1.54, 1.807) is 0 Å². The summed E-state index contributed by atoms with van der Waals surface area (Å²) in [5.41, 5.74) is 2.23. The van der Waals surface area contributed by atoms with Gasteiger partial charge in [-0.3, -0.25) is 9.59 Å². The van der Waals surface area contributed by atoms with Crippen LogP contribution >= 0.6 is 0 Å². The van der Waals surface area contributed by atoms with Gasteiger partial charge in [-0.2, -0.15) is 0 Å². The minimum absolute atomic E-state index is 0.0998. The Morgan fingerprint density at radius 2 is 1.86 bits per heavy atom. The van der Waals surface area contributed by atoms with Crippen molar-refractivity contribution in [3.8, 4) is 0 Å². The normalized spacial score (nSPS) is 20.5. The molecule has 1 atom stereocenters. The summed E-state index contributed by atoms with van der Waals surface area (Å²) in [7, 11) is 0. The van der Waals surface area contributed by atoms with Crippen molar-refractivity contribution in [1.29, 1.82) is 0 Å². The third kappa shape index (κ3) is 3.43. The average molecular weight is 380 g/mol. The fraction of sp³-hybridized carbons (Fsp3) is 0.500. The number of anilines is 1. The number of rotatable bonds is 3. The molecule has 28 heavy (non-hydrogen) atoms. The standard InChI is InChI=1S/C22H28N4O2/c1-15(2)26-14-17(13-21(26)27)22(28)25-10-8-24(9-11-25)20-12-16(3)18-6-4-5-7-19(18)23-20/h4-7,12,15,17H,8-11,13-14H2,1-3H3. The molecule has 6 nitrogen and oxygen atoms in total. The van der Waals surface area contributed by atoms with Crippen LogP contribution in [0.1, 0.15) is 25.8 Å². The van der Waals surface area contributed by atoms with E-state index in [-0.39, 0.29) is 23.8 Å². The molecule has 2 amide bonds. The monoisotopic (exact) mass is 380 g/mol. The van der Waals surface area contributed by atoms with Gasteiger partial charge in [0.1, 0.15) is 5.82 Å². The van der Waals surface area contributed by atoms with Crippen LogP contribution in [0.3, 0.4) is 0 Å². The molecule has 4 rings (SSSR count). The van der Waals surface area contributed by atoms with Crippen LogP contribution in [-0.2, 0) is 9.59 Å². The van der Waals surface area contributed by atoms with Crippen molar-refractivity contribution in [2.75, 3.05) is 37.6 Å². The van der Waals surface area contributed by atoms with E-state index >= 15 is 0 Å². The number of fused-ring (bicyclic) bond motifs is 1. The van der Waals surface area contributed by atoms with Gasteiger partial charge in [-0.15, -0.1) is 0 Å². The molecule has 0 N–H and O–H groups in total. The molecule has 0 spiro atoms. The number of hydrogen-bond donors (Lipinski definition) is 0. The van der Waals surface area contributed by atoms with Crippen LogP contribution in [0.25, 0.3) is 10.9 Å². The zero-order valence-electron chi connectivity index (χ0n) is 16.9. The molecule has 0 saturated carbocycles. The third-order valence-corrected chi connectivity index (χ3v) is 5.96. The van der Waals surface area contributed by atoms with Crippen LogP contribution in [-0.4, -0.2) is 65.4 Å². The maximum absolute atomic E-state index is 12.9. The lowest BCUT2D eigenvalue weighted by Gasteiger charge is -2.36. The molecule has 2 aromatic rings. The fourth-order valence-corrected chi connectivity index (χ4v) is 4.30. The highest BCUT2D eigenvalue weighted by Crippen LogP contribution is 2.25. The van der Waals surface area contributed by atoms with Gasteiger partial charge in [-0.25, -0.2) is 4.98 Å². The summed E-state index contributed by atoms with van der Waals surface area (Å²) in [4.78, 5) is 35.8. The lowest BCUT2D eigenvalue weighted by atomic mass is 10.1. The van der Waals surface area contributed by atoms with Crippen LogP contribution in [0.5, 0.6) is 0 Å². The maximum Gasteiger partial charge on any atom is 0.228 e. The van der Waals surface area contributed by atoms with Crippen molar-refractivity contribution in [3.05, 3.63) is 35.9 Å². The molecule has 2 aliphatic rings. The van der Waals surface area contributed by atoms with Gasteiger partial charge in [0.15, 0.2) is 0 Å². The van der Waals surface area contributed by atoms with E-state index in [1.807, 2.05) is 41.8 Å². The third-order valence-electron chi connectivity index (χ3n) is 5.96. The number of carbonyl (C=O) groups is 2. The minimum atomic E-state index is -0.192. The maximum atomic E-state index is 12.9. The zero-order chi connectivity index (χ0) is 19.8. The molecule has 1 unspecified atom stereocenters. The Hall–Kier alpha value is -2.63. The van der Waals surface area contributed by atoms with Crippen molar-refractivity contribution >= 4 is 28.5 Å². The first-order chi connectivity index (χ1) is 13.4. The molecule has 2 aliphatic heterocycles. The highest BCUT2D eigenvalue weighted by atomic mass is 16.2. The summed E-state index contributed by atoms with van der Waals surface area (Å²) in [6, 6.07) is 10.5. The number of carbonyl (C=O) groups excluding carboxylic acids is 2. The molecule has 0 bridgehead atoms. The van der Waals surface area contributed by atoms with Crippen LogP contribution < -0.4 is 4.90 Å². The summed E-state index contributed by atoms with van der Waals surface area (Å²) in [5.74, 6) is 1.01. The summed E-state index contributed by atoms with van der Waals surface area (Å²) in [5, 5.41) is 1.18. The largest absolute Gasteiger partial charge is 0.353 e. The number of piperazine rings is 1. The van der Waals surface area contributed by atoms with Gasteiger partial charge < -0.3 is 14.7 Å². The Bertz CT molecular complexity index is 903. The molecule has 148 valence electrons. The van der Waals surface area contributed by atoms with Crippen molar-refractivity contribution in [2.45, 2.75) is 33.2 Å². The van der Waals surface area contributed by atoms with Crippen molar-refractivity contribution in [3.63, 3.8) is 0 Å². The second kappa shape index (κ2) is 7.41.